The van der Waals surface area contributed by atoms with Gasteiger partial charge in [0.15, 0.2) is 5.69 Å². The van der Waals surface area contributed by atoms with E-state index in [1.54, 1.807) is 34.9 Å². The van der Waals surface area contributed by atoms with E-state index in [-0.39, 0.29) is 42.8 Å². The van der Waals surface area contributed by atoms with Crippen LogP contribution in [-0.4, -0.2) is 51.9 Å². The number of carbonyl (C=O) groups is 2. The number of hydrogen-bond acceptors (Lipinski definition) is 6. The van der Waals surface area contributed by atoms with Crippen LogP contribution in [0, 0.1) is 11.7 Å². The number of ether oxygens (including phenoxy) is 2. The van der Waals surface area contributed by atoms with E-state index in [0.717, 1.165) is 11.3 Å². The van der Waals surface area contributed by atoms with Crippen LogP contribution < -0.4 is 10.1 Å². The van der Waals surface area contributed by atoms with Gasteiger partial charge in [-0.1, -0.05) is 35.5 Å². The topological polar surface area (TPSA) is 98.6 Å². The molecule has 1 saturated heterocycles. The first-order valence-corrected chi connectivity index (χ1v) is 12.0. The maximum Gasteiger partial charge on any atom is 0.276 e. The maximum absolute atomic E-state index is 13.8. The Labute approximate surface area is 208 Å². The van der Waals surface area contributed by atoms with Crippen LogP contribution in [-0.2, 0) is 29.2 Å². The number of likely N-dealkylation sites (tertiary alicyclic amines) is 1. The van der Waals surface area contributed by atoms with E-state index < -0.39 is 0 Å². The highest BCUT2D eigenvalue weighted by Crippen LogP contribution is 2.29. The molecule has 3 aromatic rings. The van der Waals surface area contributed by atoms with Gasteiger partial charge in [0.25, 0.3) is 5.91 Å². The highest BCUT2D eigenvalue weighted by atomic mass is 19.1. The second-order valence-corrected chi connectivity index (χ2v) is 9.02. The van der Waals surface area contributed by atoms with E-state index in [0.29, 0.717) is 49.4 Å². The molecule has 10 heteroatoms. The van der Waals surface area contributed by atoms with Crippen molar-refractivity contribution in [2.24, 2.45) is 5.92 Å². The van der Waals surface area contributed by atoms with Crippen molar-refractivity contribution in [2.45, 2.75) is 38.6 Å². The summed E-state index contributed by atoms with van der Waals surface area (Å²) in [7, 11) is 1.62. The van der Waals surface area contributed by atoms with Crippen molar-refractivity contribution in [1.29, 1.82) is 0 Å². The monoisotopic (exact) mass is 493 g/mol. The number of amides is 2. The first kappa shape index (κ1) is 23.9. The zero-order valence-electron chi connectivity index (χ0n) is 20.0. The lowest BCUT2D eigenvalue weighted by Crippen LogP contribution is -2.43. The van der Waals surface area contributed by atoms with Crippen LogP contribution in [0.4, 0.5) is 4.39 Å². The number of aromatic nitrogens is 3. The molecule has 2 aromatic carbocycles. The number of piperidine rings is 1. The van der Waals surface area contributed by atoms with Crippen molar-refractivity contribution >= 4 is 11.8 Å². The van der Waals surface area contributed by atoms with Crippen LogP contribution in [0.25, 0.3) is 0 Å². The summed E-state index contributed by atoms with van der Waals surface area (Å²) in [6.45, 7) is 1.73. The minimum atomic E-state index is -0.338. The molecule has 0 unspecified atom stereocenters. The van der Waals surface area contributed by atoms with E-state index in [9.17, 15) is 14.0 Å². The molecule has 0 aliphatic carbocycles. The molecule has 2 amide bonds. The van der Waals surface area contributed by atoms with Gasteiger partial charge in [-0.15, -0.1) is 5.10 Å². The zero-order chi connectivity index (χ0) is 25.1. The molecule has 1 aromatic heterocycles. The summed E-state index contributed by atoms with van der Waals surface area (Å²) < 4.78 is 26.8. The highest BCUT2D eigenvalue weighted by molar-refractivity contribution is 5.93. The predicted octanol–water partition coefficient (Wildman–Crippen LogP) is 2.87. The van der Waals surface area contributed by atoms with Crippen LogP contribution >= 0.6 is 0 Å². The molecule has 0 radical (unpaired) electrons. The lowest BCUT2D eigenvalue weighted by molar-refractivity contribution is -0.126. The SMILES string of the molecule is COc1ccc([C@@H]2Cn3nnc(C(=O)N4CCC(C(=O)NCc5ccccc5F)CC4)c3CO2)cc1. The normalized spacial score (nSPS) is 17.9. The van der Waals surface area contributed by atoms with Gasteiger partial charge in [-0.25, -0.2) is 9.07 Å². The van der Waals surface area contributed by atoms with E-state index in [2.05, 4.69) is 15.6 Å². The molecule has 0 spiro atoms. The van der Waals surface area contributed by atoms with Crippen molar-refractivity contribution < 1.29 is 23.5 Å². The van der Waals surface area contributed by atoms with Crippen molar-refractivity contribution in [3.05, 3.63) is 76.9 Å². The van der Waals surface area contributed by atoms with Gasteiger partial charge < -0.3 is 19.7 Å². The minimum Gasteiger partial charge on any atom is -0.497 e. The Bertz CT molecular complexity index is 1240. The summed E-state index contributed by atoms with van der Waals surface area (Å²) in [6.07, 6.45) is 0.884. The molecule has 36 heavy (non-hydrogen) atoms. The van der Waals surface area contributed by atoms with E-state index >= 15 is 0 Å². The van der Waals surface area contributed by atoms with Gasteiger partial charge in [-0.05, 0) is 36.6 Å². The van der Waals surface area contributed by atoms with E-state index in [1.165, 1.54) is 6.07 Å². The number of benzene rings is 2. The Morgan fingerprint density at radius 2 is 1.89 bits per heavy atom. The summed E-state index contributed by atoms with van der Waals surface area (Å²) in [5, 5.41) is 11.2. The Morgan fingerprint density at radius 3 is 2.61 bits per heavy atom. The largest absolute Gasteiger partial charge is 0.497 e. The fraction of sp³-hybridized carbons (Fsp3) is 0.385. The quantitative estimate of drug-likeness (QED) is 0.567. The number of nitrogens with one attached hydrogen (secondary N) is 1. The summed E-state index contributed by atoms with van der Waals surface area (Å²) in [5.41, 5.74) is 2.41. The molecule has 2 aliphatic heterocycles. The molecule has 1 atom stereocenters. The van der Waals surface area contributed by atoms with Crippen molar-refractivity contribution in [3.63, 3.8) is 0 Å². The number of hydrogen-bond donors (Lipinski definition) is 1. The summed E-state index contributed by atoms with van der Waals surface area (Å²) in [6, 6.07) is 14.1. The van der Waals surface area contributed by atoms with Crippen molar-refractivity contribution in [1.82, 2.24) is 25.2 Å². The standard InChI is InChI=1S/C26H28FN5O4/c1-35-20-8-6-17(7-9-20)23-15-32-22(16-36-23)24(29-30-32)26(34)31-12-10-18(11-13-31)25(33)28-14-19-4-2-3-5-21(19)27/h2-9,18,23H,10-16H2,1H3,(H,28,33)/t23-/m0/s1. The Balaban J connectivity index is 1.15. The first-order chi connectivity index (χ1) is 17.5. The Kier molecular flexibility index (Phi) is 6.95. The molecular formula is C26H28FN5O4. The maximum atomic E-state index is 13.8. The molecule has 1 N–H and O–H groups in total. The molecule has 5 rings (SSSR count). The second kappa shape index (κ2) is 10.4. The van der Waals surface area contributed by atoms with Gasteiger partial charge in [0.2, 0.25) is 5.91 Å². The number of halogens is 1. The van der Waals surface area contributed by atoms with Crippen LogP contribution in [0.5, 0.6) is 5.75 Å². The third kappa shape index (κ3) is 4.94. The fourth-order valence-corrected chi connectivity index (χ4v) is 4.66. The summed E-state index contributed by atoms with van der Waals surface area (Å²) in [5.74, 6) is -0.106. The van der Waals surface area contributed by atoms with Crippen LogP contribution in [0.15, 0.2) is 48.5 Å². The van der Waals surface area contributed by atoms with Gasteiger partial charge in [-0.2, -0.15) is 0 Å². The lowest BCUT2D eigenvalue weighted by Gasteiger charge is -2.31. The molecular weight excluding hydrogens is 465 g/mol. The smallest absolute Gasteiger partial charge is 0.276 e. The van der Waals surface area contributed by atoms with Gasteiger partial charge >= 0.3 is 0 Å². The zero-order valence-corrected chi connectivity index (χ0v) is 20.0. The van der Waals surface area contributed by atoms with Crippen molar-refractivity contribution in [3.8, 4) is 5.75 Å². The number of rotatable bonds is 6. The van der Waals surface area contributed by atoms with Gasteiger partial charge in [-0.3, -0.25) is 9.59 Å². The van der Waals surface area contributed by atoms with E-state index in [1.807, 2.05) is 24.3 Å². The molecule has 0 saturated carbocycles. The van der Waals surface area contributed by atoms with Gasteiger partial charge in [0.1, 0.15) is 17.7 Å². The van der Waals surface area contributed by atoms with Gasteiger partial charge in [0.05, 0.1) is 26.0 Å². The van der Waals surface area contributed by atoms with Crippen molar-refractivity contribution in [2.75, 3.05) is 20.2 Å². The molecule has 3 heterocycles. The van der Waals surface area contributed by atoms with Crippen LogP contribution in [0.1, 0.15) is 46.3 Å². The van der Waals surface area contributed by atoms with Crippen LogP contribution in [0.2, 0.25) is 0 Å². The summed E-state index contributed by atoms with van der Waals surface area (Å²) >= 11 is 0. The number of carbonyl (C=O) groups excluding carboxylic acids is 2. The minimum absolute atomic E-state index is 0.121. The number of methoxy groups -OCH3 is 1. The molecule has 9 nitrogen and oxygen atoms in total. The second-order valence-electron chi connectivity index (χ2n) is 9.02. The predicted molar refractivity (Wildman–Crippen MR) is 127 cm³/mol. The third-order valence-electron chi connectivity index (χ3n) is 6.85. The Hall–Kier alpha value is -3.79. The van der Waals surface area contributed by atoms with E-state index in [4.69, 9.17) is 9.47 Å². The van der Waals surface area contributed by atoms with Gasteiger partial charge in [0, 0.05) is 31.1 Å². The number of fused-ring (bicyclic) bond motifs is 1. The fourth-order valence-electron chi connectivity index (χ4n) is 4.66. The molecule has 1 fully saturated rings. The molecule has 0 bridgehead atoms. The highest BCUT2D eigenvalue weighted by Gasteiger charge is 2.33. The Morgan fingerprint density at radius 1 is 1.14 bits per heavy atom. The average Bonchev–Trinajstić information content (AvgIpc) is 3.35. The summed E-state index contributed by atoms with van der Waals surface area (Å²) in [4.78, 5) is 27.5. The molecule has 2 aliphatic rings. The molecule has 188 valence electrons. The average molecular weight is 494 g/mol. The lowest BCUT2D eigenvalue weighted by atomic mass is 9.95. The number of nitrogens with zero attached hydrogens (tertiary/aromatic N) is 4. The third-order valence-corrected chi connectivity index (χ3v) is 6.85. The first-order valence-electron chi connectivity index (χ1n) is 12.0. The van der Waals surface area contributed by atoms with Crippen LogP contribution in [0.3, 0.4) is 0 Å².